The van der Waals surface area contributed by atoms with Crippen molar-refractivity contribution in [2.24, 2.45) is 0 Å². The molecule has 0 aliphatic carbocycles. The fraction of sp³-hybridized carbons (Fsp3) is 0.267. The van der Waals surface area contributed by atoms with Gasteiger partial charge in [0.05, 0.1) is 0 Å². The van der Waals surface area contributed by atoms with Gasteiger partial charge in [0.1, 0.15) is 5.82 Å². The fourth-order valence-electron chi connectivity index (χ4n) is 1.61. The molecule has 0 radical (unpaired) electrons. The number of rotatable bonds is 6. The molecule has 0 unspecified atom stereocenters. The Morgan fingerprint density at radius 3 is 2.74 bits per heavy atom. The third-order valence-electron chi connectivity index (χ3n) is 2.60. The number of anilines is 1. The highest BCUT2D eigenvalue weighted by Gasteiger charge is 1.99. The summed E-state index contributed by atoms with van der Waals surface area (Å²) in [6.45, 7) is 3.11. The number of thioether (sulfide) groups is 1. The van der Waals surface area contributed by atoms with Gasteiger partial charge >= 0.3 is 0 Å². The van der Waals surface area contributed by atoms with Crippen molar-refractivity contribution in [1.82, 2.24) is 4.98 Å². The molecule has 1 aromatic heterocycles. The molecule has 2 rings (SSSR count). The highest BCUT2D eigenvalue weighted by Crippen LogP contribution is 2.24. The van der Waals surface area contributed by atoms with Gasteiger partial charge in [-0.3, -0.25) is 0 Å². The molecule has 1 N–H and O–H groups in total. The van der Waals surface area contributed by atoms with E-state index in [-0.39, 0.29) is 0 Å². The van der Waals surface area contributed by atoms with Gasteiger partial charge in [0.25, 0.3) is 0 Å². The van der Waals surface area contributed by atoms with E-state index in [2.05, 4.69) is 29.4 Å². The van der Waals surface area contributed by atoms with Crippen molar-refractivity contribution in [3.8, 4) is 0 Å². The minimum absolute atomic E-state index is 0.777. The molecule has 2 nitrogen and oxygen atoms in total. The number of nitrogens with one attached hydrogen (secondary N) is 1. The van der Waals surface area contributed by atoms with Crippen molar-refractivity contribution < 1.29 is 0 Å². The van der Waals surface area contributed by atoms with Gasteiger partial charge in [-0.2, -0.15) is 0 Å². The van der Waals surface area contributed by atoms with Gasteiger partial charge in [0.2, 0.25) is 0 Å². The molecule has 2 aromatic rings. The van der Waals surface area contributed by atoms with Gasteiger partial charge in [-0.25, -0.2) is 4.98 Å². The number of hydrogen-bond acceptors (Lipinski definition) is 3. The van der Waals surface area contributed by atoms with E-state index in [1.165, 1.54) is 10.5 Å². The van der Waals surface area contributed by atoms with Crippen LogP contribution in [0.3, 0.4) is 0 Å². The Bertz CT molecular complexity index is 514. The number of benzene rings is 1. The van der Waals surface area contributed by atoms with Gasteiger partial charge in [-0.15, -0.1) is 11.8 Å². The number of nitrogens with zero attached hydrogens (tertiary/aromatic N) is 1. The maximum atomic E-state index is 5.87. The molecule has 1 heterocycles. The Balaban J connectivity index is 1.93. The van der Waals surface area contributed by atoms with E-state index in [0.29, 0.717) is 0 Å². The van der Waals surface area contributed by atoms with E-state index in [1.807, 2.05) is 30.5 Å². The van der Waals surface area contributed by atoms with E-state index >= 15 is 0 Å². The Hall–Kier alpha value is -1.19. The molecule has 0 aliphatic heterocycles. The molecule has 0 saturated carbocycles. The predicted molar refractivity (Wildman–Crippen MR) is 84.0 cm³/mol. The lowest BCUT2D eigenvalue weighted by Gasteiger charge is -2.06. The summed E-state index contributed by atoms with van der Waals surface area (Å²) in [4.78, 5) is 5.53. The van der Waals surface area contributed by atoms with Crippen LogP contribution in [0.4, 0.5) is 5.82 Å². The van der Waals surface area contributed by atoms with Crippen LogP contribution in [0.1, 0.15) is 18.9 Å². The first-order valence-corrected chi connectivity index (χ1v) is 7.71. The van der Waals surface area contributed by atoms with Crippen LogP contribution < -0.4 is 5.32 Å². The monoisotopic (exact) mass is 292 g/mol. The summed E-state index contributed by atoms with van der Waals surface area (Å²) in [7, 11) is 0. The average molecular weight is 293 g/mol. The Labute approximate surface area is 123 Å². The van der Waals surface area contributed by atoms with Crippen molar-refractivity contribution in [1.29, 1.82) is 0 Å². The first kappa shape index (κ1) is 14.2. The van der Waals surface area contributed by atoms with Crippen LogP contribution in [0.2, 0.25) is 5.02 Å². The largest absolute Gasteiger partial charge is 0.370 e. The van der Waals surface area contributed by atoms with Crippen LogP contribution in [-0.2, 0) is 5.75 Å². The van der Waals surface area contributed by atoms with Crippen LogP contribution in [-0.4, -0.2) is 11.5 Å². The predicted octanol–water partition coefficient (Wildman–Crippen LogP) is 4.85. The van der Waals surface area contributed by atoms with Crippen LogP contribution in [0, 0.1) is 0 Å². The van der Waals surface area contributed by atoms with Crippen molar-refractivity contribution in [3.63, 3.8) is 0 Å². The molecular formula is C15H17ClN2S. The molecule has 0 spiro atoms. The maximum Gasteiger partial charge on any atom is 0.126 e. The molecule has 0 fully saturated rings. The summed E-state index contributed by atoms with van der Waals surface area (Å²) in [5.41, 5.74) is 1.27. The topological polar surface area (TPSA) is 24.9 Å². The zero-order valence-electron chi connectivity index (χ0n) is 10.9. The minimum Gasteiger partial charge on any atom is -0.370 e. The molecular weight excluding hydrogens is 276 g/mol. The Morgan fingerprint density at radius 1 is 1.21 bits per heavy atom. The van der Waals surface area contributed by atoms with Gasteiger partial charge in [0, 0.05) is 28.4 Å². The van der Waals surface area contributed by atoms with E-state index in [1.54, 1.807) is 11.8 Å². The third-order valence-corrected chi connectivity index (χ3v) is 3.93. The molecule has 0 atom stereocenters. The normalized spacial score (nSPS) is 10.4. The van der Waals surface area contributed by atoms with Crippen molar-refractivity contribution >= 4 is 29.2 Å². The summed E-state index contributed by atoms with van der Waals surface area (Å²) in [5, 5.41) is 4.08. The number of hydrogen-bond donors (Lipinski definition) is 1. The lowest BCUT2D eigenvalue weighted by Crippen LogP contribution is -2.01. The Morgan fingerprint density at radius 2 is 2.00 bits per heavy atom. The third kappa shape index (κ3) is 4.77. The van der Waals surface area contributed by atoms with Crippen molar-refractivity contribution in [2.45, 2.75) is 24.0 Å². The van der Waals surface area contributed by atoms with Gasteiger partial charge in [-0.05, 0) is 48.4 Å². The molecule has 1 aromatic carbocycles. The lowest BCUT2D eigenvalue weighted by atomic mass is 10.3. The minimum atomic E-state index is 0.777. The summed E-state index contributed by atoms with van der Waals surface area (Å²) in [6.07, 6.45) is 2.96. The maximum absolute atomic E-state index is 5.87. The van der Waals surface area contributed by atoms with Crippen molar-refractivity contribution in [2.75, 3.05) is 11.9 Å². The molecule has 4 heteroatoms. The SMILES string of the molecule is CCCNc1cc(CSc2ccc(Cl)cc2)ccn1. The number of halogens is 1. The molecule has 19 heavy (non-hydrogen) atoms. The molecule has 0 saturated heterocycles. The second-order valence-corrected chi connectivity index (χ2v) is 5.70. The molecule has 100 valence electrons. The molecule has 0 amide bonds. The summed E-state index contributed by atoms with van der Waals surface area (Å²) in [5.74, 6) is 1.89. The second kappa shape index (κ2) is 7.41. The van der Waals surface area contributed by atoms with E-state index in [0.717, 1.165) is 29.6 Å². The smallest absolute Gasteiger partial charge is 0.126 e. The quantitative estimate of drug-likeness (QED) is 0.771. The van der Waals surface area contributed by atoms with E-state index in [4.69, 9.17) is 11.6 Å². The fourth-order valence-corrected chi connectivity index (χ4v) is 2.58. The van der Waals surface area contributed by atoms with Crippen LogP contribution in [0.25, 0.3) is 0 Å². The second-order valence-electron chi connectivity index (χ2n) is 4.22. The van der Waals surface area contributed by atoms with E-state index in [9.17, 15) is 0 Å². The standard InChI is InChI=1S/C15H17ClN2S/c1-2-8-17-15-10-12(7-9-18-15)11-19-14-5-3-13(16)4-6-14/h3-7,9-10H,2,8,11H2,1H3,(H,17,18). The first-order valence-electron chi connectivity index (χ1n) is 6.35. The number of pyridine rings is 1. The van der Waals surface area contributed by atoms with Crippen LogP contribution >= 0.6 is 23.4 Å². The number of aromatic nitrogens is 1. The summed E-state index contributed by atoms with van der Waals surface area (Å²) in [6, 6.07) is 12.1. The average Bonchev–Trinajstić information content (AvgIpc) is 2.45. The Kier molecular flexibility index (Phi) is 5.55. The first-order chi connectivity index (χ1) is 9.28. The van der Waals surface area contributed by atoms with Crippen molar-refractivity contribution in [3.05, 3.63) is 53.2 Å². The van der Waals surface area contributed by atoms with Crippen LogP contribution in [0.15, 0.2) is 47.5 Å². The lowest BCUT2D eigenvalue weighted by molar-refractivity contribution is 0.968. The van der Waals surface area contributed by atoms with Gasteiger partial charge in [0.15, 0.2) is 0 Å². The molecule has 0 aliphatic rings. The summed E-state index contributed by atoms with van der Waals surface area (Å²) >= 11 is 7.67. The van der Waals surface area contributed by atoms with Gasteiger partial charge < -0.3 is 5.32 Å². The summed E-state index contributed by atoms with van der Waals surface area (Å²) < 4.78 is 0. The van der Waals surface area contributed by atoms with Crippen LogP contribution in [0.5, 0.6) is 0 Å². The van der Waals surface area contributed by atoms with Gasteiger partial charge in [-0.1, -0.05) is 18.5 Å². The molecule has 0 bridgehead atoms. The highest BCUT2D eigenvalue weighted by molar-refractivity contribution is 7.98. The zero-order chi connectivity index (χ0) is 13.5. The highest BCUT2D eigenvalue weighted by atomic mass is 35.5. The van der Waals surface area contributed by atoms with E-state index < -0.39 is 0 Å². The zero-order valence-corrected chi connectivity index (χ0v) is 12.5.